The van der Waals surface area contributed by atoms with Gasteiger partial charge in [0.1, 0.15) is 0 Å². The molecule has 0 aromatic rings. The Hall–Kier alpha value is -1.25. The summed E-state index contributed by atoms with van der Waals surface area (Å²) in [5, 5.41) is 0. The van der Waals surface area contributed by atoms with Crippen molar-refractivity contribution in [3.63, 3.8) is 0 Å². The second-order valence-electron chi connectivity index (χ2n) is 1.72. The third kappa shape index (κ3) is 0.937. The van der Waals surface area contributed by atoms with Crippen molar-refractivity contribution in [3.8, 4) is 0 Å². The first-order valence-electron chi connectivity index (χ1n) is 2.50. The molecule has 0 saturated carbocycles. The minimum atomic E-state index is -0.891. The number of carbonyl (C=O) groups is 3. The van der Waals surface area contributed by atoms with Crippen molar-refractivity contribution in [1.29, 1.82) is 0 Å². The lowest BCUT2D eigenvalue weighted by Crippen LogP contribution is -2.24. The summed E-state index contributed by atoms with van der Waals surface area (Å²) in [5.74, 6) is -2.20. The quantitative estimate of drug-likeness (QED) is 0.415. The molecule has 3 heteroatoms. The lowest BCUT2D eigenvalue weighted by atomic mass is 10.0. The fourth-order valence-electron chi connectivity index (χ4n) is 0.579. The summed E-state index contributed by atoms with van der Waals surface area (Å²) < 4.78 is 0. The third-order valence-electron chi connectivity index (χ3n) is 1.05. The van der Waals surface area contributed by atoms with Gasteiger partial charge in [0.05, 0.1) is 0 Å². The first-order chi connectivity index (χ1) is 4.22. The SMILES string of the molecule is O=C1C=CCC(=O)C1=O. The summed E-state index contributed by atoms with van der Waals surface area (Å²) in [4.78, 5) is 31.1. The first kappa shape index (κ1) is 5.88. The van der Waals surface area contributed by atoms with Gasteiger partial charge in [-0.25, -0.2) is 0 Å². The lowest BCUT2D eigenvalue weighted by molar-refractivity contribution is -0.142. The largest absolute Gasteiger partial charge is 0.290 e. The fraction of sp³-hybridized carbons (Fsp3) is 0.167. The smallest absolute Gasteiger partial charge is 0.268 e. The summed E-state index contributed by atoms with van der Waals surface area (Å²) in [5.41, 5.74) is 0. The van der Waals surface area contributed by atoms with Crippen LogP contribution in [0.5, 0.6) is 0 Å². The first-order valence-corrected chi connectivity index (χ1v) is 2.50. The van der Waals surface area contributed by atoms with Gasteiger partial charge in [-0.1, -0.05) is 6.08 Å². The Morgan fingerprint density at radius 3 is 2.33 bits per heavy atom. The number of Topliss-reactive ketones (excluding diaryl/α,β-unsaturated/α-hetero) is 2. The molecule has 1 rings (SSSR count). The molecule has 0 atom stereocenters. The summed E-state index contributed by atoms with van der Waals surface area (Å²) in [6.07, 6.45) is 2.60. The molecule has 0 amide bonds. The van der Waals surface area contributed by atoms with E-state index in [1.165, 1.54) is 6.08 Å². The Morgan fingerprint density at radius 1 is 1.22 bits per heavy atom. The van der Waals surface area contributed by atoms with Crippen LogP contribution in [-0.4, -0.2) is 17.3 Å². The minimum absolute atomic E-state index is 0.0740. The number of ketones is 3. The van der Waals surface area contributed by atoms with Crippen LogP contribution in [0.3, 0.4) is 0 Å². The zero-order valence-corrected chi connectivity index (χ0v) is 4.59. The van der Waals surface area contributed by atoms with Crippen molar-refractivity contribution in [2.24, 2.45) is 0 Å². The molecule has 0 fully saturated rings. The van der Waals surface area contributed by atoms with Crippen molar-refractivity contribution >= 4 is 17.3 Å². The summed E-state index contributed by atoms with van der Waals surface area (Å²) in [7, 11) is 0. The fourth-order valence-corrected chi connectivity index (χ4v) is 0.579. The molecule has 0 aliphatic heterocycles. The monoisotopic (exact) mass is 124 g/mol. The maximum atomic E-state index is 10.4. The maximum absolute atomic E-state index is 10.4. The van der Waals surface area contributed by atoms with E-state index in [4.69, 9.17) is 0 Å². The van der Waals surface area contributed by atoms with Gasteiger partial charge >= 0.3 is 0 Å². The van der Waals surface area contributed by atoms with Crippen LogP contribution in [0, 0.1) is 0 Å². The molecule has 0 radical (unpaired) electrons. The number of hydrogen-bond acceptors (Lipinski definition) is 3. The van der Waals surface area contributed by atoms with E-state index in [0.717, 1.165) is 6.08 Å². The Balaban J connectivity index is 2.94. The summed E-state index contributed by atoms with van der Waals surface area (Å²) in [6, 6.07) is 0. The van der Waals surface area contributed by atoms with Gasteiger partial charge in [0, 0.05) is 6.42 Å². The average Bonchev–Trinajstić information content (AvgIpc) is 1.83. The minimum Gasteiger partial charge on any atom is -0.290 e. The van der Waals surface area contributed by atoms with Gasteiger partial charge < -0.3 is 0 Å². The highest BCUT2D eigenvalue weighted by atomic mass is 16.2. The Bertz CT molecular complexity index is 212. The lowest BCUT2D eigenvalue weighted by Gasteiger charge is -1.96. The van der Waals surface area contributed by atoms with E-state index >= 15 is 0 Å². The molecular weight excluding hydrogens is 120 g/mol. The number of rotatable bonds is 0. The summed E-state index contributed by atoms with van der Waals surface area (Å²) >= 11 is 0. The molecule has 0 N–H and O–H groups in total. The van der Waals surface area contributed by atoms with E-state index in [0.29, 0.717) is 0 Å². The molecule has 1 aliphatic rings. The average molecular weight is 124 g/mol. The predicted molar refractivity (Wildman–Crippen MR) is 28.8 cm³/mol. The van der Waals surface area contributed by atoms with Crippen LogP contribution in [-0.2, 0) is 14.4 Å². The molecule has 3 nitrogen and oxygen atoms in total. The molecule has 0 saturated heterocycles. The van der Waals surface area contributed by atoms with Crippen molar-refractivity contribution in [2.75, 3.05) is 0 Å². The van der Waals surface area contributed by atoms with Gasteiger partial charge in [0.15, 0.2) is 0 Å². The Morgan fingerprint density at radius 2 is 1.89 bits per heavy atom. The third-order valence-corrected chi connectivity index (χ3v) is 1.05. The van der Waals surface area contributed by atoms with Crippen molar-refractivity contribution in [2.45, 2.75) is 6.42 Å². The Kier molecular flexibility index (Phi) is 1.26. The molecule has 1 aliphatic carbocycles. The zero-order valence-electron chi connectivity index (χ0n) is 4.59. The normalized spacial score (nSPS) is 18.9. The van der Waals surface area contributed by atoms with E-state index in [1.54, 1.807) is 0 Å². The van der Waals surface area contributed by atoms with Gasteiger partial charge in [0.25, 0.3) is 5.78 Å². The number of hydrogen-bond donors (Lipinski definition) is 0. The van der Waals surface area contributed by atoms with Gasteiger partial charge in [-0.3, -0.25) is 14.4 Å². The van der Waals surface area contributed by atoms with Crippen LogP contribution < -0.4 is 0 Å². The van der Waals surface area contributed by atoms with Crippen molar-refractivity contribution in [1.82, 2.24) is 0 Å². The molecule has 46 valence electrons. The second-order valence-corrected chi connectivity index (χ2v) is 1.72. The molecule has 9 heavy (non-hydrogen) atoms. The van der Waals surface area contributed by atoms with Gasteiger partial charge in [-0.15, -0.1) is 0 Å². The van der Waals surface area contributed by atoms with Crippen LogP contribution >= 0.6 is 0 Å². The molecule has 0 spiro atoms. The standard InChI is InChI=1S/C6H4O3/c7-4-2-1-3-5(8)6(4)9/h1-2H,3H2. The van der Waals surface area contributed by atoms with Crippen LogP contribution in [0.25, 0.3) is 0 Å². The molecule has 0 heterocycles. The molecule has 0 aromatic heterocycles. The van der Waals surface area contributed by atoms with Crippen LogP contribution in [0.15, 0.2) is 12.2 Å². The second kappa shape index (κ2) is 1.93. The highest BCUT2D eigenvalue weighted by Gasteiger charge is 2.22. The molecular formula is C6H4O3. The number of carbonyl (C=O) groups excluding carboxylic acids is 3. The van der Waals surface area contributed by atoms with E-state index in [2.05, 4.69) is 0 Å². The van der Waals surface area contributed by atoms with Crippen LogP contribution in [0.4, 0.5) is 0 Å². The van der Waals surface area contributed by atoms with E-state index in [-0.39, 0.29) is 6.42 Å². The maximum Gasteiger partial charge on any atom is 0.268 e. The van der Waals surface area contributed by atoms with Crippen molar-refractivity contribution in [3.05, 3.63) is 12.2 Å². The molecule has 0 unspecified atom stereocenters. The van der Waals surface area contributed by atoms with Gasteiger partial charge in [-0.2, -0.15) is 0 Å². The number of allylic oxidation sites excluding steroid dienone is 2. The van der Waals surface area contributed by atoms with Gasteiger partial charge in [0.2, 0.25) is 11.6 Å². The van der Waals surface area contributed by atoms with Gasteiger partial charge in [-0.05, 0) is 6.08 Å². The Labute approximate surface area is 51.4 Å². The topological polar surface area (TPSA) is 51.2 Å². The van der Waals surface area contributed by atoms with E-state index in [9.17, 15) is 14.4 Å². The predicted octanol–water partition coefficient (Wildman–Crippen LogP) is -0.346. The summed E-state index contributed by atoms with van der Waals surface area (Å²) in [6.45, 7) is 0. The van der Waals surface area contributed by atoms with E-state index < -0.39 is 17.3 Å². The highest BCUT2D eigenvalue weighted by Crippen LogP contribution is 1.97. The van der Waals surface area contributed by atoms with Crippen LogP contribution in [0.2, 0.25) is 0 Å². The molecule has 0 bridgehead atoms. The molecule has 0 aromatic carbocycles. The van der Waals surface area contributed by atoms with Crippen molar-refractivity contribution < 1.29 is 14.4 Å². The zero-order chi connectivity index (χ0) is 6.85. The highest BCUT2D eigenvalue weighted by molar-refractivity contribution is 6.67. The van der Waals surface area contributed by atoms with E-state index in [1.807, 2.05) is 0 Å². The van der Waals surface area contributed by atoms with Crippen LogP contribution in [0.1, 0.15) is 6.42 Å².